The molecule has 0 aliphatic heterocycles. The fourth-order valence-electron chi connectivity index (χ4n) is 2.94. The van der Waals surface area contributed by atoms with Gasteiger partial charge in [-0.1, -0.05) is 6.92 Å². The van der Waals surface area contributed by atoms with E-state index in [4.69, 9.17) is 10.5 Å². The van der Waals surface area contributed by atoms with Gasteiger partial charge in [-0.3, -0.25) is 9.25 Å². The van der Waals surface area contributed by atoms with Gasteiger partial charge in [-0.2, -0.15) is 5.10 Å². The summed E-state index contributed by atoms with van der Waals surface area (Å²) in [5.41, 5.74) is 9.09. The van der Waals surface area contributed by atoms with E-state index in [1.54, 1.807) is 0 Å². The zero-order valence-corrected chi connectivity index (χ0v) is 11.8. The average Bonchev–Trinajstić information content (AvgIpc) is 2.81. The molecule has 0 radical (unpaired) electrons. The lowest BCUT2D eigenvalue weighted by Crippen LogP contribution is -2.34. The number of nitrogens with zero attached hydrogens (tertiary/aromatic N) is 4. The minimum atomic E-state index is 0.366. The Balaban J connectivity index is 1.96. The van der Waals surface area contributed by atoms with Gasteiger partial charge in [0.25, 0.3) is 0 Å². The van der Waals surface area contributed by atoms with Crippen LogP contribution >= 0.6 is 0 Å². The van der Waals surface area contributed by atoms with Crippen LogP contribution in [0, 0.1) is 0 Å². The largest absolute Gasteiger partial charge is 0.378 e. The van der Waals surface area contributed by atoms with Gasteiger partial charge >= 0.3 is 0 Å². The summed E-state index contributed by atoms with van der Waals surface area (Å²) in [6.45, 7) is 4.90. The highest BCUT2D eigenvalue weighted by Gasteiger charge is 2.34. The molecule has 6 nitrogen and oxygen atoms in total. The number of nitrogen functional groups attached to an aromatic ring is 1. The Morgan fingerprint density at radius 1 is 1.37 bits per heavy atom. The van der Waals surface area contributed by atoms with Crippen molar-refractivity contribution in [2.45, 2.75) is 45.3 Å². The molecule has 6 heteroatoms. The predicted molar refractivity (Wildman–Crippen MR) is 74.0 cm³/mol. The van der Waals surface area contributed by atoms with Gasteiger partial charge in [0.1, 0.15) is 5.52 Å². The fraction of sp³-hybridized carbons (Fsp3) is 0.692. The highest BCUT2D eigenvalue weighted by molar-refractivity contribution is 5.78. The van der Waals surface area contributed by atoms with Crippen molar-refractivity contribution >= 4 is 17.1 Å². The maximum atomic E-state index is 6.09. The van der Waals surface area contributed by atoms with E-state index in [1.165, 1.54) is 0 Å². The Morgan fingerprint density at radius 3 is 2.74 bits per heavy atom. The Kier molecular flexibility index (Phi) is 2.97. The second kappa shape index (κ2) is 4.52. The second-order valence-corrected chi connectivity index (χ2v) is 5.14. The van der Waals surface area contributed by atoms with Crippen LogP contribution in [0.2, 0.25) is 0 Å². The van der Waals surface area contributed by atoms with Crippen LogP contribution in [0.15, 0.2) is 0 Å². The molecule has 0 atom stereocenters. The van der Waals surface area contributed by atoms with Crippen LogP contribution in [0.3, 0.4) is 0 Å². The van der Waals surface area contributed by atoms with Crippen molar-refractivity contribution in [2.75, 3.05) is 12.3 Å². The second-order valence-electron chi connectivity index (χ2n) is 5.14. The molecule has 0 amide bonds. The van der Waals surface area contributed by atoms with E-state index in [-0.39, 0.29) is 0 Å². The zero-order chi connectivity index (χ0) is 13.6. The molecule has 19 heavy (non-hydrogen) atoms. The number of fused-ring (bicyclic) bond motifs is 1. The Hall–Kier alpha value is -1.56. The van der Waals surface area contributed by atoms with E-state index >= 15 is 0 Å². The smallest absolute Gasteiger partial charge is 0.202 e. The summed E-state index contributed by atoms with van der Waals surface area (Å²) in [6, 6.07) is 0.390. The SMILES string of the molecule is CCOC1CC(n2c(N)nc3c(CC)nn(C)c32)C1. The van der Waals surface area contributed by atoms with Gasteiger partial charge in [-0.15, -0.1) is 0 Å². The van der Waals surface area contributed by atoms with Crippen molar-refractivity contribution in [2.24, 2.45) is 7.05 Å². The van der Waals surface area contributed by atoms with E-state index in [0.29, 0.717) is 18.1 Å². The van der Waals surface area contributed by atoms with Gasteiger partial charge < -0.3 is 10.5 Å². The van der Waals surface area contributed by atoms with Crippen molar-refractivity contribution in [3.05, 3.63) is 5.69 Å². The number of nitrogens with two attached hydrogens (primary N) is 1. The predicted octanol–water partition coefficient (Wildman–Crippen LogP) is 1.65. The van der Waals surface area contributed by atoms with Crippen LogP contribution in [0.5, 0.6) is 0 Å². The third-order valence-electron chi connectivity index (χ3n) is 3.94. The highest BCUT2D eigenvalue weighted by Crippen LogP contribution is 2.38. The fourth-order valence-corrected chi connectivity index (χ4v) is 2.94. The molecule has 2 aromatic rings. The van der Waals surface area contributed by atoms with Crippen LogP contribution in [-0.4, -0.2) is 32.0 Å². The lowest BCUT2D eigenvalue weighted by Gasteiger charge is -2.36. The minimum absolute atomic E-state index is 0.366. The summed E-state index contributed by atoms with van der Waals surface area (Å²) in [5.74, 6) is 0.595. The van der Waals surface area contributed by atoms with Gasteiger partial charge in [-0.05, 0) is 26.2 Å². The first-order valence-corrected chi connectivity index (χ1v) is 6.96. The van der Waals surface area contributed by atoms with Crippen molar-refractivity contribution in [3.8, 4) is 0 Å². The van der Waals surface area contributed by atoms with Gasteiger partial charge in [0, 0.05) is 19.7 Å². The lowest BCUT2D eigenvalue weighted by molar-refractivity contribution is -0.0184. The van der Waals surface area contributed by atoms with Gasteiger partial charge in [0.05, 0.1) is 11.8 Å². The summed E-state index contributed by atoms with van der Waals surface area (Å²) in [6.07, 6.45) is 3.26. The summed E-state index contributed by atoms with van der Waals surface area (Å²) in [7, 11) is 1.96. The third-order valence-corrected chi connectivity index (χ3v) is 3.94. The molecule has 1 fully saturated rings. The Labute approximate surface area is 112 Å². The van der Waals surface area contributed by atoms with Gasteiger partial charge in [-0.25, -0.2) is 4.98 Å². The van der Waals surface area contributed by atoms with Crippen molar-refractivity contribution in [1.29, 1.82) is 0 Å². The number of anilines is 1. The molecule has 2 aromatic heterocycles. The molecule has 2 heterocycles. The monoisotopic (exact) mass is 263 g/mol. The average molecular weight is 263 g/mol. The molecule has 1 aliphatic rings. The van der Waals surface area contributed by atoms with E-state index in [0.717, 1.165) is 42.7 Å². The van der Waals surface area contributed by atoms with Crippen LogP contribution in [0.1, 0.15) is 38.4 Å². The minimum Gasteiger partial charge on any atom is -0.378 e. The van der Waals surface area contributed by atoms with E-state index in [9.17, 15) is 0 Å². The van der Waals surface area contributed by atoms with Crippen LogP contribution in [0.25, 0.3) is 11.2 Å². The first-order valence-electron chi connectivity index (χ1n) is 6.96. The van der Waals surface area contributed by atoms with Gasteiger partial charge in [0.2, 0.25) is 5.95 Å². The van der Waals surface area contributed by atoms with Crippen molar-refractivity contribution < 1.29 is 4.74 Å². The molecule has 0 spiro atoms. The molecule has 104 valence electrons. The Morgan fingerprint density at radius 2 is 2.11 bits per heavy atom. The maximum absolute atomic E-state index is 6.09. The molecular formula is C13H21N5O. The normalized spacial score (nSPS) is 22.9. The lowest BCUT2D eigenvalue weighted by atomic mass is 9.89. The number of ether oxygens (including phenoxy) is 1. The summed E-state index contributed by atoms with van der Waals surface area (Å²) in [5, 5.41) is 4.51. The van der Waals surface area contributed by atoms with E-state index in [2.05, 4.69) is 21.6 Å². The third kappa shape index (κ3) is 1.82. The molecule has 0 bridgehead atoms. The van der Waals surface area contributed by atoms with Crippen LogP contribution in [0.4, 0.5) is 5.95 Å². The molecule has 1 saturated carbocycles. The topological polar surface area (TPSA) is 70.9 Å². The molecule has 3 rings (SSSR count). The molecular weight excluding hydrogens is 242 g/mol. The maximum Gasteiger partial charge on any atom is 0.202 e. The zero-order valence-electron chi connectivity index (χ0n) is 11.8. The summed E-state index contributed by atoms with van der Waals surface area (Å²) < 4.78 is 9.63. The van der Waals surface area contributed by atoms with E-state index in [1.807, 2.05) is 18.7 Å². The quantitative estimate of drug-likeness (QED) is 0.910. The number of hydrogen-bond acceptors (Lipinski definition) is 4. The number of aryl methyl sites for hydroxylation is 2. The molecule has 0 unspecified atom stereocenters. The highest BCUT2D eigenvalue weighted by atomic mass is 16.5. The first-order chi connectivity index (χ1) is 9.15. The molecule has 0 saturated heterocycles. The summed E-state index contributed by atoms with van der Waals surface area (Å²) >= 11 is 0. The Bertz CT molecular complexity index is 594. The molecule has 1 aliphatic carbocycles. The molecule has 2 N–H and O–H groups in total. The van der Waals surface area contributed by atoms with Crippen LogP contribution in [-0.2, 0) is 18.2 Å². The van der Waals surface area contributed by atoms with E-state index < -0.39 is 0 Å². The first kappa shape index (κ1) is 12.5. The van der Waals surface area contributed by atoms with Gasteiger partial charge in [0.15, 0.2) is 5.65 Å². The van der Waals surface area contributed by atoms with Crippen molar-refractivity contribution in [3.63, 3.8) is 0 Å². The molecule has 0 aromatic carbocycles. The summed E-state index contributed by atoms with van der Waals surface area (Å²) in [4.78, 5) is 4.50. The standard InChI is InChI=1S/C13H21N5O/c1-4-10-11-12(17(3)16-10)18(13(14)15-11)8-6-9(7-8)19-5-2/h8-9H,4-7H2,1-3H3,(H2,14,15). The van der Waals surface area contributed by atoms with Crippen molar-refractivity contribution in [1.82, 2.24) is 19.3 Å². The number of hydrogen-bond donors (Lipinski definition) is 1. The number of rotatable bonds is 4. The number of aromatic nitrogens is 4. The number of imidazole rings is 1. The van der Waals surface area contributed by atoms with Crippen LogP contribution < -0.4 is 5.73 Å².